The van der Waals surface area contributed by atoms with Crippen LogP contribution in [0, 0.1) is 0 Å². The molecule has 4 aromatic carbocycles. The molecular formula is C42H57NO4SSi. The predicted molar refractivity (Wildman–Crippen MR) is 212 cm³/mol. The molecule has 0 radical (unpaired) electrons. The van der Waals surface area contributed by atoms with E-state index in [4.69, 9.17) is 18.1 Å². The first-order chi connectivity index (χ1) is 23.0. The average Bonchev–Trinajstić information content (AvgIpc) is 3.03. The highest BCUT2D eigenvalue weighted by molar-refractivity contribution is 8.30. The number of piperidine rings is 1. The number of ether oxygens (including phenoxy) is 2. The molecule has 0 bridgehead atoms. The lowest BCUT2D eigenvalue weighted by Gasteiger charge is -2.44. The summed E-state index contributed by atoms with van der Waals surface area (Å²) < 4.78 is 26.7. The van der Waals surface area contributed by atoms with Gasteiger partial charge in [0, 0.05) is 28.5 Å². The molecule has 0 aromatic heterocycles. The monoisotopic (exact) mass is 699 g/mol. The molecule has 1 atom stereocenters. The number of likely N-dealkylation sites (tertiary alicyclic amines) is 1. The smallest absolute Gasteiger partial charge is 0.250 e. The second kappa shape index (κ2) is 13.5. The van der Waals surface area contributed by atoms with E-state index in [9.17, 15) is 0 Å². The zero-order valence-electron chi connectivity index (χ0n) is 31.4. The van der Waals surface area contributed by atoms with Crippen LogP contribution in [0.1, 0.15) is 78.0 Å². The van der Waals surface area contributed by atoms with Crippen molar-refractivity contribution in [2.75, 3.05) is 38.8 Å². The molecule has 5 nitrogen and oxygen atoms in total. The van der Waals surface area contributed by atoms with Crippen LogP contribution in [-0.2, 0) is 0 Å². The van der Waals surface area contributed by atoms with Crippen LogP contribution in [0.4, 0.5) is 0 Å². The number of hydrogen-bond donors (Lipinski definition) is 0. The lowest BCUT2D eigenvalue weighted by atomic mass is 9.86. The molecule has 0 N–H and O–H groups in total. The van der Waals surface area contributed by atoms with Crippen molar-refractivity contribution >= 4 is 29.4 Å². The Morgan fingerprint density at radius 1 is 0.776 bits per heavy atom. The molecule has 7 heteroatoms. The number of fused-ring (bicyclic) bond motifs is 5. The molecule has 49 heavy (non-hydrogen) atoms. The first-order valence-electron chi connectivity index (χ1n) is 18.0. The van der Waals surface area contributed by atoms with Crippen molar-refractivity contribution in [1.82, 2.24) is 4.90 Å². The quantitative estimate of drug-likeness (QED) is 0.163. The summed E-state index contributed by atoms with van der Waals surface area (Å²) in [6.07, 6.45) is 8.11. The summed E-state index contributed by atoms with van der Waals surface area (Å²) >= 11 is 0. The zero-order valence-corrected chi connectivity index (χ0v) is 33.3. The van der Waals surface area contributed by atoms with E-state index in [2.05, 4.69) is 145 Å². The van der Waals surface area contributed by atoms with Gasteiger partial charge in [0.1, 0.15) is 29.6 Å². The topological polar surface area (TPSA) is 40.2 Å². The molecule has 1 unspecified atom stereocenters. The van der Waals surface area contributed by atoms with Crippen molar-refractivity contribution in [2.45, 2.75) is 89.8 Å². The largest absolute Gasteiger partial charge is 0.543 e. The molecule has 4 aromatic rings. The highest BCUT2D eigenvalue weighted by atomic mass is 32.3. The Balaban J connectivity index is 1.35. The molecule has 0 saturated carbocycles. The van der Waals surface area contributed by atoms with Gasteiger partial charge in [-0.25, -0.2) is 0 Å². The van der Waals surface area contributed by atoms with Gasteiger partial charge in [0.2, 0.25) is 8.32 Å². The zero-order chi connectivity index (χ0) is 35.2. The van der Waals surface area contributed by atoms with Crippen molar-refractivity contribution in [2.24, 2.45) is 0 Å². The van der Waals surface area contributed by atoms with Gasteiger partial charge in [-0.1, -0.05) is 67.8 Å². The van der Waals surface area contributed by atoms with E-state index >= 15 is 0 Å². The lowest BCUT2D eigenvalue weighted by molar-refractivity contribution is 0.183. The highest BCUT2D eigenvalue weighted by Gasteiger charge is 2.39. The van der Waals surface area contributed by atoms with Gasteiger partial charge in [-0.15, -0.1) is 0 Å². The minimum Gasteiger partial charge on any atom is -0.543 e. The van der Waals surface area contributed by atoms with Gasteiger partial charge in [-0.3, -0.25) is 4.90 Å². The fraction of sp³-hybridized carbons (Fsp3) is 0.476. The summed E-state index contributed by atoms with van der Waals surface area (Å²) in [4.78, 5) is 2.51. The van der Waals surface area contributed by atoms with Gasteiger partial charge in [0.15, 0.2) is 6.10 Å². The van der Waals surface area contributed by atoms with E-state index in [1.165, 1.54) is 48.9 Å². The number of rotatable bonds is 9. The second-order valence-corrected chi connectivity index (χ2v) is 25.3. The summed E-state index contributed by atoms with van der Waals surface area (Å²) in [5, 5.41) is 2.45. The second-order valence-electron chi connectivity index (χ2n) is 16.7. The first kappa shape index (κ1) is 35.7. The van der Waals surface area contributed by atoms with Crippen LogP contribution in [0.15, 0.2) is 72.8 Å². The molecule has 2 heterocycles. The molecule has 1 fully saturated rings. The van der Waals surface area contributed by atoms with Crippen molar-refractivity contribution in [1.29, 1.82) is 0 Å². The van der Waals surface area contributed by atoms with Crippen molar-refractivity contribution in [3.05, 3.63) is 83.9 Å². The van der Waals surface area contributed by atoms with Gasteiger partial charge >= 0.3 is 0 Å². The third-order valence-corrected chi connectivity index (χ3v) is 19.0. The van der Waals surface area contributed by atoms with E-state index in [1.54, 1.807) is 0 Å². The minimum absolute atomic E-state index is 0.0442. The Morgan fingerprint density at radius 3 is 2.10 bits per heavy atom. The third-order valence-electron chi connectivity index (χ3n) is 11.0. The van der Waals surface area contributed by atoms with Gasteiger partial charge in [-0.05, 0) is 136 Å². The standard InChI is InChI=1S/C42H57NO4SSi/c1-41(2,3)48(7,8)46-33-19-23-36-37-21-16-31-28-34(47-49(9,10)42(4,5)6)20-22-35(31)39(37)40(45-38(36)29-33)30-14-17-32(18-15-30)44-27-26-43-24-12-11-13-25-43/h14-23,28-29,40H,11-13,24-27H2,1-10H3. The van der Waals surface area contributed by atoms with Crippen LogP contribution in [0.3, 0.4) is 0 Å². The predicted octanol–water partition coefficient (Wildman–Crippen LogP) is 11.4. The Hall–Kier alpha value is -3.13. The maximum Gasteiger partial charge on any atom is 0.250 e. The van der Waals surface area contributed by atoms with Crippen LogP contribution in [0.5, 0.6) is 23.0 Å². The number of hydrogen-bond acceptors (Lipinski definition) is 5. The fourth-order valence-corrected chi connectivity index (χ4v) is 8.09. The third kappa shape index (κ3) is 7.64. The Labute approximate surface area is 298 Å². The molecule has 264 valence electrons. The maximum atomic E-state index is 7.01. The summed E-state index contributed by atoms with van der Waals surface area (Å²) in [6, 6.07) is 25.9. The van der Waals surface area contributed by atoms with Gasteiger partial charge in [-0.2, -0.15) is 0 Å². The molecule has 0 spiro atoms. The van der Waals surface area contributed by atoms with E-state index in [-0.39, 0.29) is 15.9 Å². The summed E-state index contributed by atoms with van der Waals surface area (Å²) in [7, 11) is -3.34. The van der Waals surface area contributed by atoms with Crippen LogP contribution in [0.25, 0.3) is 21.9 Å². The highest BCUT2D eigenvalue weighted by Crippen LogP contribution is 2.55. The molecule has 1 saturated heterocycles. The van der Waals surface area contributed by atoms with Crippen molar-refractivity contribution in [3.8, 4) is 34.1 Å². The normalized spacial score (nSPS) is 17.6. The molecule has 2 aliphatic heterocycles. The van der Waals surface area contributed by atoms with Crippen molar-refractivity contribution < 1.29 is 18.1 Å². The number of nitrogens with zero attached hydrogens (tertiary/aromatic N) is 1. The van der Waals surface area contributed by atoms with Gasteiger partial charge < -0.3 is 18.1 Å². The van der Waals surface area contributed by atoms with Crippen LogP contribution in [0.2, 0.25) is 18.1 Å². The fourth-order valence-electron chi connectivity index (χ4n) is 6.24. The lowest BCUT2D eigenvalue weighted by Crippen LogP contribution is -2.43. The Morgan fingerprint density at radius 2 is 1.43 bits per heavy atom. The van der Waals surface area contributed by atoms with E-state index in [0.717, 1.165) is 46.1 Å². The summed E-state index contributed by atoms with van der Waals surface area (Å²) in [6.45, 7) is 22.2. The Kier molecular flexibility index (Phi) is 9.86. The minimum atomic E-state index is -1.98. The Bertz CT molecular complexity index is 1780. The van der Waals surface area contributed by atoms with Gasteiger partial charge in [0.05, 0.1) is 0 Å². The van der Waals surface area contributed by atoms with E-state index in [1.807, 2.05) is 0 Å². The summed E-state index contributed by atoms with van der Waals surface area (Å²) in [5.41, 5.74) is 4.55. The molecular weight excluding hydrogens is 643 g/mol. The summed E-state index contributed by atoms with van der Waals surface area (Å²) in [5.74, 6) is 3.52. The molecule has 0 amide bonds. The first-order valence-corrected chi connectivity index (χ1v) is 23.2. The van der Waals surface area contributed by atoms with Crippen LogP contribution >= 0.6 is 10.3 Å². The van der Waals surface area contributed by atoms with Gasteiger partial charge in [0.25, 0.3) is 0 Å². The van der Waals surface area contributed by atoms with E-state index in [0.29, 0.717) is 6.61 Å². The molecule has 0 aliphatic carbocycles. The molecule has 6 rings (SSSR count). The van der Waals surface area contributed by atoms with Crippen molar-refractivity contribution in [3.63, 3.8) is 0 Å². The average molecular weight is 700 g/mol. The number of benzene rings is 4. The van der Waals surface area contributed by atoms with E-state index < -0.39 is 18.6 Å². The van der Waals surface area contributed by atoms with Crippen LogP contribution in [-0.4, -0.2) is 56.7 Å². The van der Waals surface area contributed by atoms with Crippen LogP contribution < -0.4 is 18.1 Å². The molecule has 2 aliphatic rings. The maximum absolute atomic E-state index is 7.01. The SMILES string of the molecule is CC(C)(C)[Si](C)(C)Oc1ccc2c3c(ccc2c1)-c1ccc(OS(C)(C)C(C)(C)C)cc1OC3c1ccc(OCCN2CCCCC2)cc1.